The van der Waals surface area contributed by atoms with Gasteiger partial charge < -0.3 is 10.7 Å². The van der Waals surface area contributed by atoms with Gasteiger partial charge in [-0.2, -0.15) is 0 Å². The minimum Gasteiger partial charge on any atom is -0.388 e. The molecule has 0 spiro atoms. The zero-order valence-electron chi connectivity index (χ0n) is 7.52. The first-order valence-corrected chi connectivity index (χ1v) is 4.13. The smallest absolute Gasteiger partial charge is 0.0429 e. The highest BCUT2D eigenvalue weighted by Crippen LogP contribution is 2.17. The summed E-state index contributed by atoms with van der Waals surface area (Å²) in [5.41, 5.74) is 3.25. The highest BCUT2D eigenvalue weighted by atomic mass is 14.8. The topological polar surface area (TPSA) is 35.9 Å². The molecular weight excluding hydrogens is 148 g/mol. The van der Waals surface area contributed by atoms with Gasteiger partial charge in [-0.25, -0.2) is 0 Å². The summed E-state index contributed by atoms with van der Waals surface area (Å²) >= 11 is 0. The van der Waals surface area contributed by atoms with Gasteiger partial charge in [0.15, 0.2) is 0 Å². The molecule has 0 aliphatic rings. The fourth-order valence-corrected chi connectivity index (χ4v) is 1.31. The highest BCUT2D eigenvalue weighted by Gasteiger charge is 2.01. The van der Waals surface area contributed by atoms with Crippen LogP contribution in [-0.2, 0) is 6.42 Å². The zero-order valence-corrected chi connectivity index (χ0v) is 7.52. The number of benzene rings is 1. The third kappa shape index (κ3) is 1.47. The first kappa shape index (κ1) is 8.78. The minimum atomic E-state index is 0.972. The van der Waals surface area contributed by atoms with Crippen LogP contribution >= 0.6 is 0 Å². The predicted molar refractivity (Wildman–Crippen MR) is 53.3 cm³/mol. The lowest BCUT2D eigenvalue weighted by atomic mass is 10.0. The molecule has 0 heterocycles. The molecule has 64 valence electrons. The van der Waals surface area contributed by atoms with Crippen molar-refractivity contribution in [1.29, 1.82) is 5.41 Å². The lowest BCUT2D eigenvalue weighted by Gasteiger charge is -2.08. The summed E-state index contributed by atoms with van der Waals surface area (Å²) < 4.78 is 0. The Bertz CT molecular complexity index is 257. The van der Waals surface area contributed by atoms with Gasteiger partial charge in [0.1, 0.15) is 0 Å². The number of aryl methyl sites for hydroxylation is 1. The molecule has 2 nitrogen and oxygen atoms in total. The Labute approximate surface area is 73.1 Å². The molecule has 1 aromatic carbocycles. The van der Waals surface area contributed by atoms with Crippen LogP contribution in [-0.4, -0.2) is 13.3 Å². The number of nitrogens with one attached hydrogen (secondary N) is 2. The predicted octanol–water partition coefficient (Wildman–Crippen LogP) is 2.29. The van der Waals surface area contributed by atoms with E-state index in [2.05, 4.69) is 18.3 Å². The number of rotatable bonds is 3. The van der Waals surface area contributed by atoms with Crippen molar-refractivity contribution in [3.05, 3.63) is 29.3 Å². The van der Waals surface area contributed by atoms with Gasteiger partial charge in [-0.1, -0.05) is 19.1 Å². The summed E-state index contributed by atoms with van der Waals surface area (Å²) in [6.45, 7) is 2.10. The molecule has 0 aliphatic carbocycles. The van der Waals surface area contributed by atoms with Gasteiger partial charge in [-0.05, 0) is 18.1 Å². The van der Waals surface area contributed by atoms with Crippen LogP contribution in [0.5, 0.6) is 0 Å². The third-order valence-corrected chi connectivity index (χ3v) is 1.99. The molecule has 0 atom stereocenters. The summed E-state index contributed by atoms with van der Waals surface area (Å²) in [4.78, 5) is 0. The fraction of sp³-hybridized carbons (Fsp3) is 0.300. The van der Waals surface area contributed by atoms with Crippen molar-refractivity contribution in [3.8, 4) is 0 Å². The van der Waals surface area contributed by atoms with Crippen LogP contribution < -0.4 is 5.32 Å². The second-order valence-electron chi connectivity index (χ2n) is 2.63. The van der Waals surface area contributed by atoms with E-state index in [0.29, 0.717) is 0 Å². The highest BCUT2D eigenvalue weighted by molar-refractivity contribution is 5.87. The van der Waals surface area contributed by atoms with Crippen LogP contribution in [0.1, 0.15) is 18.1 Å². The van der Waals surface area contributed by atoms with Gasteiger partial charge in [0, 0.05) is 24.5 Å². The molecule has 1 rings (SSSR count). The Morgan fingerprint density at radius 1 is 1.50 bits per heavy atom. The van der Waals surface area contributed by atoms with Crippen molar-refractivity contribution in [2.45, 2.75) is 13.3 Å². The maximum atomic E-state index is 7.27. The molecule has 0 aromatic heterocycles. The van der Waals surface area contributed by atoms with E-state index < -0.39 is 0 Å². The maximum absolute atomic E-state index is 7.27. The molecular formula is C10H14N2. The summed E-state index contributed by atoms with van der Waals surface area (Å²) in [6.07, 6.45) is 2.38. The molecule has 1 aromatic rings. The molecule has 12 heavy (non-hydrogen) atoms. The van der Waals surface area contributed by atoms with E-state index in [9.17, 15) is 0 Å². The lowest BCUT2D eigenvalue weighted by molar-refractivity contribution is 1.13. The summed E-state index contributed by atoms with van der Waals surface area (Å²) in [5.74, 6) is 0. The van der Waals surface area contributed by atoms with Gasteiger partial charge in [-0.3, -0.25) is 0 Å². The first-order chi connectivity index (χ1) is 5.83. The van der Waals surface area contributed by atoms with Gasteiger partial charge >= 0.3 is 0 Å². The molecule has 0 bridgehead atoms. The quantitative estimate of drug-likeness (QED) is 0.657. The molecule has 2 heteroatoms. The Balaban J connectivity index is 3.21. The van der Waals surface area contributed by atoms with Gasteiger partial charge in [0.25, 0.3) is 0 Å². The van der Waals surface area contributed by atoms with Crippen molar-refractivity contribution in [1.82, 2.24) is 0 Å². The molecule has 0 aliphatic heterocycles. The van der Waals surface area contributed by atoms with E-state index >= 15 is 0 Å². The van der Waals surface area contributed by atoms with Gasteiger partial charge in [0.2, 0.25) is 0 Å². The fourth-order valence-electron chi connectivity index (χ4n) is 1.31. The molecule has 0 saturated carbocycles. The minimum absolute atomic E-state index is 0.972. The van der Waals surface area contributed by atoms with Crippen LogP contribution in [0.2, 0.25) is 0 Å². The standard InChI is InChI=1S/C10H14N2/c1-3-8-5-4-6-10(12-2)9(8)7-11/h4-7,11-12H,3H2,1-2H3. The first-order valence-electron chi connectivity index (χ1n) is 4.13. The average molecular weight is 162 g/mol. The Morgan fingerprint density at radius 3 is 2.75 bits per heavy atom. The van der Waals surface area contributed by atoms with Crippen molar-refractivity contribution in [3.63, 3.8) is 0 Å². The van der Waals surface area contributed by atoms with Crippen LogP contribution in [0.4, 0.5) is 5.69 Å². The maximum Gasteiger partial charge on any atom is 0.0429 e. The SMILES string of the molecule is CCc1cccc(NC)c1C=N. The summed E-state index contributed by atoms with van der Waals surface area (Å²) in [7, 11) is 1.88. The second kappa shape index (κ2) is 3.90. The number of anilines is 1. The molecule has 0 fully saturated rings. The summed E-state index contributed by atoms with van der Waals surface area (Å²) in [6, 6.07) is 6.05. The lowest BCUT2D eigenvalue weighted by Crippen LogP contribution is -1.98. The normalized spacial score (nSPS) is 9.50. The second-order valence-corrected chi connectivity index (χ2v) is 2.63. The van der Waals surface area contributed by atoms with Crippen LogP contribution in [0.3, 0.4) is 0 Å². The molecule has 0 amide bonds. The van der Waals surface area contributed by atoms with E-state index in [1.54, 1.807) is 0 Å². The van der Waals surface area contributed by atoms with Gasteiger partial charge in [0.05, 0.1) is 0 Å². The zero-order chi connectivity index (χ0) is 8.97. The summed E-state index contributed by atoms with van der Waals surface area (Å²) in [5, 5.41) is 10.3. The van der Waals surface area contributed by atoms with Crippen molar-refractivity contribution in [2.24, 2.45) is 0 Å². The molecule has 0 saturated heterocycles. The number of hydrogen-bond donors (Lipinski definition) is 2. The van der Waals surface area contributed by atoms with Crippen molar-refractivity contribution in [2.75, 3.05) is 12.4 Å². The molecule has 0 unspecified atom stereocenters. The molecule has 0 radical (unpaired) electrons. The Morgan fingerprint density at radius 2 is 2.25 bits per heavy atom. The molecule has 2 N–H and O–H groups in total. The number of hydrogen-bond acceptors (Lipinski definition) is 2. The van der Waals surface area contributed by atoms with Crippen molar-refractivity contribution >= 4 is 11.9 Å². The third-order valence-electron chi connectivity index (χ3n) is 1.99. The van der Waals surface area contributed by atoms with E-state index in [1.165, 1.54) is 11.8 Å². The van der Waals surface area contributed by atoms with Crippen LogP contribution in [0.15, 0.2) is 18.2 Å². The van der Waals surface area contributed by atoms with Gasteiger partial charge in [-0.15, -0.1) is 0 Å². The van der Waals surface area contributed by atoms with Crippen molar-refractivity contribution < 1.29 is 0 Å². The largest absolute Gasteiger partial charge is 0.388 e. The van der Waals surface area contributed by atoms with E-state index in [0.717, 1.165) is 17.7 Å². The van der Waals surface area contributed by atoms with E-state index in [4.69, 9.17) is 5.41 Å². The van der Waals surface area contributed by atoms with Crippen LogP contribution in [0.25, 0.3) is 0 Å². The van der Waals surface area contributed by atoms with Crippen LogP contribution in [0, 0.1) is 5.41 Å². The van der Waals surface area contributed by atoms with E-state index in [-0.39, 0.29) is 0 Å². The van der Waals surface area contributed by atoms with E-state index in [1.807, 2.05) is 19.2 Å². The monoisotopic (exact) mass is 162 g/mol. The average Bonchev–Trinajstić information content (AvgIpc) is 2.16. The Hall–Kier alpha value is -1.31. The Kier molecular flexibility index (Phi) is 2.86.